The zero-order valence-corrected chi connectivity index (χ0v) is 11.4. The van der Waals surface area contributed by atoms with Gasteiger partial charge in [0.2, 0.25) is 0 Å². The van der Waals surface area contributed by atoms with Gasteiger partial charge in [-0.3, -0.25) is 4.90 Å². The van der Waals surface area contributed by atoms with E-state index in [9.17, 15) is 4.79 Å². The van der Waals surface area contributed by atoms with Crippen molar-refractivity contribution in [2.45, 2.75) is 0 Å². The molecule has 1 amide bonds. The third-order valence-electron chi connectivity index (χ3n) is 2.87. The average Bonchev–Trinajstić information content (AvgIpc) is 2.54. The van der Waals surface area contributed by atoms with Crippen molar-refractivity contribution in [2.24, 2.45) is 10.9 Å². The number of amides is 1. The molecule has 0 heterocycles. The maximum atomic E-state index is 12.1. The molecule has 0 atom stereocenters. The van der Waals surface area contributed by atoms with Gasteiger partial charge in [-0.1, -0.05) is 35.5 Å². The van der Waals surface area contributed by atoms with Gasteiger partial charge in [-0.25, -0.2) is 4.79 Å². The number of ether oxygens (including phenoxy) is 1. The van der Waals surface area contributed by atoms with Crippen LogP contribution < -0.4 is 15.4 Å². The summed E-state index contributed by atoms with van der Waals surface area (Å²) in [5.74, 6) is 0.362. The van der Waals surface area contributed by atoms with Gasteiger partial charge in [0, 0.05) is 12.6 Å². The predicted octanol–water partition coefficient (Wildman–Crippen LogP) is 2.42. The lowest BCUT2D eigenvalue weighted by Crippen LogP contribution is -2.31. The molecule has 6 nitrogen and oxygen atoms in total. The fourth-order valence-corrected chi connectivity index (χ4v) is 1.79. The van der Waals surface area contributed by atoms with Crippen molar-refractivity contribution in [3.05, 3.63) is 60.2 Å². The number of amidine groups is 1. The second-order valence-electron chi connectivity index (χ2n) is 4.24. The molecule has 0 bridgehead atoms. The molecule has 0 saturated carbocycles. The summed E-state index contributed by atoms with van der Waals surface area (Å²) >= 11 is 0. The zero-order chi connectivity index (χ0) is 15.2. The van der Waals surface area contributed by atoms with Crippen LogP contribution in [-0.4, -0.2) is 24.2 Å². The number of oxime groups is 1. The van der Waals surface area contributed by atoms with Crippen LogP contribution in [0.4, 0.5) is 10.5 Å². The van der Waals surface area contributed by atoms with Gasteiger partial charge < -0.3 is 15.7 Å². The SMILES string of the molecule is CN(C(=O)Oc1ccccc1)c1ccccc1/C(N)=N/O. The van der Waals surface area contributed by atoms with Crippen molar-refractivity contribution in [1.82, 2.24) is 0 Å². The molecule has 0 aliphatic rings. The summed E-state index contributed by atoms with van der Waals surface area (Å²) in [5, 5.41) is 11.8. The first kappa shape index (κ1) is 14.4. The van der Waals surface area contributed by atoms with Crippen LogP contribution in [0.3, 0.4) is 0 Å². The van der Waals surface area contributed by atoms with Crippen molar-refractivity contribution < 1.29 is 14.7 Å². The van der Waals surface area contributed by atoms with Gasteiger partial charge in [0.1, 0.15) is 5.75 Å². The number of rotatable bonds is 3. The summed E-state index contributed by atoms with van der Waals surface area (Å²) in [7, 11) is 1.55. The number of hydrogen-bond donors (Lipinski definition) is 2. The Bertz CT molecular complexity index is 656. The summed E-state index contributed by atoms with van der Waals surface area (Å²) < 4.78 is 5.24. The highest BCUT2D eigenvalue weighted by molar-refractivity contribution is 6.05. The highest BCUT2D eigenvalue weighted by Gasteiger charge is 2.18. The minimum Gasteiger partial charge on any atom is -0.410 e. The Morgan fingerprint density at radius 1 is 1.14 bits per heavy atom. The van der Waals surface area contributed by atoms with Gasteiger partial charge in [-0.15, -0.1) is 0 Å². The van der Waals surface area contributed by atoms with Gasteiger partial charge in [0.15, 0.2) is 5.84 Å². The van der Waals surface area contributed by atoms with Crippen LogP contribution in [0.25, 0.3) is 0 Å². The summed E-state index contributed by atoms with van der Waals surface area (Å²) in [6.07, 6.45) is -0.570. The van der Waals surface area contributed by atoms with E-state index in [0.717, 1.165) is 0 Å². The van der Waals surface area contributed by atoms with Crippen molar-refractivity contribution in [3.63, 3.8) is 0 Å². The monoisotopic (exact) mass is 285 g/mol. The van der Waals surface area contributed by atoms with Crippen LogP contribution in [-0.2, 0) is 0 Å². The highest BCUT2D eigenvalue weighted by atomic mass is 16.6. The van der Waals surface area contributed by atoms with E-state index in [1.165, 1.54) is 4.90 Å². The Kier molecular flexibility index (Phi) is 4.40. The molecule has 0 aliphatic carbocycles. The van der Waals surface area contributed by atoms with Crippen LogP contribution in [0.5, 0.6) is 5.75 Å². The lowest BCUT2D eigenvalue weighted by atomic mass is 10.1. The number of nitrogens with two attached hydrogens (primary N) is 1. The molecule has 21 heavy (non-hydrogen) atoms. The van der Waals surface area contributed by atoms with E-state index in [1.54, 1.807) is 55.6 Å². The lowest BCUT2D eigenvalue weighted by Gasteiger charge is -2.19. The van der Waals surface area contributed by atoms with Crippen LogP contribution in [0.2, 0.25) is 0 Å². The summed E-state index contributed by atoms with van der Waals surface area (Å²) in [5.41, 5.74) is 6.52. The topological polar surface area (TPSA) is 88.2 Å². The number of hydrogen-bond acceptors (Lipinski definition) is 4. The molecule has 0 spiro atoms. The Morgan fingerprint density at radius 2 is 1.76 bits per heavy atom. The molecule has 3 N–H and O–H groups in total. The number of carbonyl (C=O) groups excluding carboxylic acids is 1. The molecule has 0 radical (unpaired) electrons. The van der Waals surface area contributed by atoms with Crippen molar-refractivity contribution in [2.75, 3.05) is 11.9 Å². The quantitative estimate of drug-likeness (QED) is 0.392. The molecule has 2 aromatic rings. The molecule has 0 aromatic heterocycles. The van der Waals surface area contributed by atoms with Crippen molar-refractivity contribution >= 4 is 17.6 Å². The van der Waals surface area contributed by atoms with E-state index in [4.69, 9.17) is 15.7 Å². The largest absolute Gasteiger partial charge is 0.419 e. The van der Waals surface area contributed by atoms with E-state index in [-0.39, 0.29) is 5.84 Å². The minimum absolute atomic E-state index is 0.0787. The van der Waals surface area contributed by atoms with Crippen molar-refractivity contribution in [3.8, 4) is 5.75 Å². The smallest absolute Gasteiger partial charge is 0.410 e. The first-order valence-electron chi connectivity index (χ1n) is 6.21. The third kappa shape index (κ3) is 3.30. The Balaban J connectivity index is 2.24. The second kappa shape index (κ2) is 6.42. The summed E-state index contributed by atoms with van der Waals surface area (Å²) in [4.78, 5) is 13.4. The molecule has 0 saturated heterocycles. The van der Waals surface area contributed by atoms with Crippen LogP contribution in [0.1, 0.15) is 5.56 Å². The normalized spacial score (nSPS) is 11.0. The van der Waals surface area contributed by atoms with Crippen molar-refractivity contribution in [1.29, 1.82) is 0 Å². The van der Waals surface area contributed by atoms with Crippen LogP contribution in [0, 0.1) is 0 Å². The predicted molar refractivity (Wildman–Crippen MR) is 79.8 cm³/mol. The van der Waals surface area contributed by atoms with Gasteiger partial charge in [-0.05, 0) is 24.3 Å². The van der Waals surface area contributed by atoms with Gasteiger partial charge in [0.25, 0.3) is 0 Å². The maximum absolute atomic E-state index is 12.1. The molecule has 0 unspecified atom stereocenters. The molecule has 2 rings (SSSR count). The van der Waals surface area contributed by atoms with E-state index < -0.39 is 6.09 Å². The molecule has 2 aromatic carbocycles. The zero-order valence-electron chi connectivity index (χ0n) is 11.4. The third-order valence-corrected chi connectivity index (χ3v) is 2.87. The van der Waals surface area contributed by atoms with E-state index >= 15 is 0 Å². The molecular weight excluding hydrogens is 270 g/mol. The standard InChI is InChI=1S/C15H15N3O3/c1-18(15(19)21-11-7-3-2-4-8-11)13-10-6-5-9-12(13)14(16)17-20/h2-10,20H,1H3,(H2,16,17). The average molecular weight is 285 g/mol. The minimum atomic E-state index is -0.570. The molecule has 6 heteroatoms. The molecule has 0 fully saturated rings. The molecule has 0 aliphatic heterocycles. The number of para-hydroxylation sites is 2. The Morgan fingerprint density at radius 3 is 2.43 bits per heavy atom. The first-order chi connectivity index (χ1) is 10.1. The number of carbonyl (C=O) groups is 1. The number of benzene rings is 2. The Hall–Kier alpha value is -3.02. The second-order valence-corrected chi connectivity index (χ2v) is 4.24. The fourth-order valence-electron chi connectivity index (χ4n) is 1.79. The van der Waals surface area contributed by atoms with Gasteiger partial charge in [0.05, 0.1) is 5.69 Å². The van der Waals surface area contributed by atoms with E-state index in [0.29, 0.717) is 17.0 Å². The summed E-state index contributed by atoms with van der Waals surface area (Å²) in [6, 6.07) is 15.5. The highest BCUT2D eigenvalue weighted by Crippen LogP contribution is 2.20. The molecular formula is C15H15N3O3. The van der Waals surface area contributed by atoms with E-state index in [2.05, 4.69) is 5.16 Å². The fraction of sp³-hybridized carbons (Fsp3) is 0.0667. The Labute approximate surface area is 122 Å². The number of anilines is 1. The first-order valence-corrected chi connectivity index (χ1v) is 6.21. The van der Waals surface area contributed by atoms with Crippen LogP contribution in [0.15, 0.2) is 59.8 Å². The molecule has 108 valence electrons. The summed E-state index contributed by atoms with van der Waals surface area (Å²) in [6.45, 7) is 0. The van der Waals surface area contributed by atoms with E-state index in [1.807, 2.05) is 6.07 Å². The van der Waals surface area contributed by atoms with Gasteiger partial charge in [-0.2, -0.15) is 0 Å². The number of nitrogens with zero attached hydrogens (tertiary/aromatic N) is 2. The maximum Gasteiger partial charge on any atom is 0.419 e. The van der Waals surface area contributed by atoms with Gasteiger partial charge >= 0.3 is 6.09 Å². The van der Waals surface area contributed by atoms with Crippen LogP contribution >= 0.6 is 0 Å². The lowest BCUT2D eigenvalue weighted by molar-refractivity contribution is 0.209.